The summed E-state index contributed by atoms with van der Waals surface area (Å²) in [5, 5.41) is 9.93. The van der Waals surface area contributed by atoms with Crippen molar-refractivity contribution < 1.29 is 9.84 Å². The molecule has 0 aromatic carbocycles. The molecule has 1 rings (SSSR count). The van der Waals surface area contributed by atoms with Gasteiger partial charge < -0.3 is 9.84 Å². The third-order valence-electron chi connectivity index (χ3n) is 3.22. The second-order valence-electron chi connectivity index (χ2n) is 4.74. The Labute approximate surface area is 99.7 Å². The van der Waals surface area contributed by atoms with Crippen LogP contribution >= 0.6 is 0 Å². The van der Waals surface area contributed by atoms with E-state index in [0.29, 0.717) is 0 Å². The van der Waals surface area contributed by atoms with Crippen molar-refractivity contribution in [2.45, 2.75) is 70.8 Å². The number of aliphatic hydroxyl groups is 1. The number of unbranched alkanes of at least 4 members (excludes halogenated alkanes) is 5. The van der Waals surface area contributed by atoms with E-state index >= 15 is 0 Å². The van der Waals surface area contributed by atoms with Crippen molar-refractivity contribution in [2.24, 2.45) is 0 Å². The highest BCUT2D eigenvalue weighted by molar-refractivity contribution is 5.06. The van der Waals surface area contributed by atoms with Crippen molar-refractivity contribution in [2.75, 3.05) is 6.61 Å². The van der Waals surface area contributed by atoms with E-state index in [0.717, 1.165) is 37.9 Å². The van der Waals surface area contributed by atoms with Crippen molar-refractivity contribution in [1.29, 1.82) is 0 Å². The van der Waals surface area contributed by atoms with Gasteiger partial charge in [-0.2, -0.15) is 0 Å². The Morgan fingerprint density at radius 2 is 2.00 bits per heavy atom. The molecule has 2 nitrogen and oxygen atoms in total. The summed E-state index contributed by atoms with van der Waals surface area (Å²) in [6.45, 7) is 3.05. The van der Waals surface area contributed by atoms with Crippen LogP contribution in [0.15, 0.2) is 11.8 Å². The predicted octanol–water partition coefficient (Wildman–Crippen LogP) is 3.79. The molecule has 1 unspecified atom stereocenters. The monoisotopic (exact) mass is 226 g/mol. The fourth-order valence-corrected chi connectivity index (χ4v) is 2.13. The van der Waals surface area contributed by atoms with E-state index in [4.69, 9.17) is 4.74 Å². The lowest BCUT2D eigenvalue weighted by Crippen LogP contribution is -2.14. The topological polar surface area (TPSA) is 29.5 Å². The van der Waals surface area contributed by atoms with E-state index in [1.165, 1.54) is 32.1 Å². The van der Waals surface area contributed by atoms with Gasteiger partial charge in [0.2, 0.25) is 0 Å². The van der Waals surface area contributed by atoms with Crippen molar-refractivity contribution >= 4 is 0 Å². The molecule has 0 radical (unpaired) electrons. The summed E-state index contributed by atoms with van der Waals surface area (Å²) in [4.78, 5) is 0. The summed E-state index contributed by atoms with van der Waals surface area (Å²) in [5.74, 6) is 0. The molecule has 1 aliphatic rings. The van der Waals surface area contributed by atoms with E-state index < -0.39 is 0 Å². The zero-order valence-electron chi connectivity index (χ0n) is 10.6. The highest BCUT2D eigenvalue weighted by Gasteiger charge is 2.13. The molecule has 94 valence electrons. The first-order chi connectivity index (χ1) is 7.84. The SMILES string of the molecule is CCCCCCCCC(O)C1=COCCC1. The zero-order chi connectivity index (χ0) is 11.6. The van der Waals surface area contributed by atoms with Crippen LogP contribution in [0.3, 0.4) is 0 Å². The fraction of sp³-hybridized carbons (Fsp3) is 0.857. The first-order valence-corrected chi connectivity index (χ1v) is 6.83. The number of hydrogen-bond donors (Lipinski definition) is 1. The Morgan fingerprint density at radius 3 is 2.69 bits per heavy atom. The van der Waals surface area contributed by atoms with Crippen LogP contribution in [0, 0.1) is 0 Å². The van der Waals surface area contributed by atoms with Gasteiger partial charge in [-0.3, -0.25) is 0 Å². The molecule has 1 N–H and O–H groups in total. The molecule has 2 heteroatoms. The van der Waals surface area contributed by atoms with Gasteiger partial charge in [0.15, 0.2) is 0 Å². The number of hydrogen-bond acceptors (Lipinski definition) is 2. The van der Waals surface area contributed by atoms with Gasteiger partial charge in [0.05, 0.1) is 19.0 Å². The van der Waals surface area contributed by atoms with Gasteiger partial charge in [0, 0.05) is 0 Å². The predicted molar refractivity (Wildman–Crippen MR) is 67.3 cm³/mol. The van der Waals surface area contributed by atoms with Gasteiger partial charge in [-0.05, 0) is 24.8 Å². The molecular formula is C14H26O2. The smallest absolute Gasteiger partial charge is 0.0876 e. The highest BCUT2D eigenvalue weighted by atomic mass is 16.5. The average molecular weight is 226 g/mol. The Morgan fingerprint density at radius 1 is 1.25 bits per heavy atom. The summed E-state index contributed by atoms with van der Waals surface area (Å²) in [5.41, 5.74) is 1.10. The summed E-state index contributed by atoms with van der Waals surface area (Å²) < 4.78 is 5.24. The molecule has 0 saturated carbocycles. The maximum Gasteiger partial charge on any atom is 0.0876 e. The molecule has 0 bridgehead atoms. The van der Waals surface area contributed by atoms with E-state index in [1.54, 1.807) is 6.26 Å². The van der Waals surface area contributed by atoms with Gasteiger partial charge >= 0.3 is 0 Å². The van der Waals surface area contributed by atoms with Gasteiger partial charge in [0.25, 0.3) is 0 Å². The average Bonchev–Trinajstić information content (AvgIpc) is 2.34. The quantitative estimate of drug-likeness (QED) is 0.638. The van der Waals surface area contributed by atoms with Gasteiger partial charge in [-0.15, -0.1) is 0 Å². The van der Waals surface area contributed by atoms with Gasteiger partial charge in [-0.1, -0.05) is 45.4 Å². The third-order valence-corrected chi connectivity index (χ3v) is 3.22. The normalized spacial score (nSPS) is 17.8. The van der Waals surface area contributed by atoms with Crippen molar-refractivity contribution in [1.82, 2.24) is 0 Å². The number of aliphatic hydroxyl groups excluding tert-OH is 1. The van der Waals surface area contributed by atoms with Crippen LogP contribution in [0.2, 0.25) is 0 Å². The minimum absolute atomic E-state index is 0.258. The Kier molecular flexibility index (Phi) is 7.32. The van der Waals surface area contributed by atoms with Crippen LogP contribution in [0.5, 0.6) is 0 Å². The lowest BCUT2D eigenvalue weighted by Gasteiger charge is -2.18. The first kappa shape index (κ1) is 13.6. The Bertz CT molecular complexity index is 199. The van der Waals surface area contributed by atoms with E-state index in [1.807, 2.05) is 0 Å². The largest absolute Gasteiger partial charge is 0.501 e. The van der Waals surface area contributed by atoms with Crippen LogP contribution in [0.25, 0.3) is 0 Å². The Balaban J connectivity index is 2.01. The lowest BCUT2D eigenvalue weighted by molar-refractivity contribution is 0.160. The van der Waals surface area contributed by atoms with Crippen LogP contribution in [-0.4, -0.2) is 17.8 Å². The summed E-state index contributed by atoms with van der Waals surface area (Å²) in [6.07, 6.45) is 12.2. The van der Waals surface area contributed by atoms with Gasteiger partial charge in [-0.25, -0.2) is 0 Å². The first-order valence-electron chi connectivity index (χ1n) is 6.83. The van der Waals surface area contributed by atoms with E-state index in [2.05, 4.69) is 6.92 Å². The maximum absolute atomic E-state index is 9.93. The van der Waals surface area contributed by atoms with Crippen molar-refractivity contribution in [3.8, 4) is 0 Å². The van der Waals surface area contributed by atoms with Crippen molar-refractivity contribution in [3.05, 3.63) is 11.8 Å². The summed E-state index contributed by atoms with van der Waals surface area (Å²) in [7, 11) is 0. The molecule has 1 aliphatic heterocycles. The lowest BCUT2D eigenvalue weighted by atomic mass is 9.99. The van der Waals surface area contributed by atoms with Crippen molar-refractivity contribution in [3.63, 3.8) is 0 Å². The molecule has 1 heterocycles. The summed E-state index contributed by atoms with van der Waals surface area (Å²) >= 11 is 0. The zero-order valence-corrected chi connectivity index (χ0v) is 10.6. The van der Waals surface area contributed by atoms with Crippen LogP contribution in [0.1, 0.15) is 64.7 Å². The molecule has 1 atom stereocenters. The standard InChI is InChI=1S/C14H26O2/c1-2-3-4-5-6-7-10-14(15)13-9-8-11-16-12-13/h12,14-15H,2-11H2,1H3. The minimum Gasteiger partial charge on any atom is -0.501 e. The molecular weight excluding hydrogens is 200 g/mol. The minimum atomic E-state index is -0.258. The maximum atomic E-state index is 9.93. The number of rotatable bonds is 8. The Hall–Kier alpha value is -0.500. The number of ether oxygens (including phenoxy) is 1. The molecule has 0 aliphatic carbocycles. The second-order valence-corrected chi connectivity index (χ2v) is 4.74. The highest BCUT2D eigenvalue weighted by Crippen LogP contribution is 2.19. The molecule has 0 fully saturated rings. The van der Waals surface area contributed by atoms with Gasteiger partial charge in [0.1, 0.15) is 0 Å². The second kappa shape index (κ2) is 8.63. The molecule has 0 aromatic rings. The molecule has 0 saturated heterocycles. The molecule has 16 heavy (non-hydrogen) atoms. The van der Waals surface area contributed by atoms with E-state index in [9.17, 15) is 5.11 Å². The fourth-order valence-electron chi connectivity index (χ4n) is 2.13. The van der Waals surface area contributed by atoms with Crippen LogP contribution in [0.4, 0.5) is 0 Å². The van der Waals surface area contributed by atoms with E-state index in [-0.39, 0.29) is 6.10 Å². The molecule has 0 amide bonds. The van der Waals surface area contributed by atoms with Crippen LogP contribution < -0.4 is 0 Å². The molecule has 0 aromatic heterocycles. The summed E-state index contributed by atoms with van der Waals surface area (Å²) in [6, 6.07) is 0. The third kappa shape index (κ3) is 5.55. The molecule has 0 spiro atoms. The van der Waals surface area contributed by atoms with Crippen LogP contribution in [-0.2, 0) is 4.74 Å².